The summed E-state index contributed by atoms with van der Waals surface area (Å²) in [6.07, 6.45) is 0. The molecule has 0 saturated heterocycles. The lowest BCUT2D eigenvalue weighted by Gasteiger charge is -2.24. The van der Waals surface area contributed by atoms with Crippen molar-refractivity contribution in [3.8, 4) is 0 Å². The van der Waals surface area contributed by atoms with Crippen LogP contribution in [0.3, 0.4) is 0 Å². The van der Waals surface area contributed by atoms with Crippen LogP contribution in [0.25, 0.3) is 5.57 Å². The SMILES string of the molecule is CCN(C1=C(c2cccs2)C(=O)N(c2ccc(S(N)(=O)=O)cc2)C1=O)c1ccccc1. The lowest BCUT2D eigenvalue weighted by molar-refractivity contribution is -0.120. The molecule has 1 aliphatic rings. The van der Waals surface area contributed by atoms with Crippen LogP contribution in [-0.2, 0) is 19.6 Å². The summed E-state index contributed by atoms with van der Waals surface area (Å²) in [5.74, 6) is -0.928. The zero-order chi connectivity index (χ0) is 22.2. The highest BCUT2D eigenvalue weighted by atomic mass is 32.2. The molecular weight excluding hydrogens is 434 g/mol. The Morgan fingerprint density at radius 3 is 2.16 bits per heavy atom. The number of thiophene rings is 1. The molecule has 0 bridgehead atoms. The number of carbonyl (C=O) groups is 2. The molecule has 1 aliphatic heterocycles. The minimum atomic E-state index is -3.89. The van der Waals surface area contributed by atoms with Gasteiger partial charge in [0.25, 0.3) is 11.8 Å². The molecule has 0 radical (unpaired) electrons. The van der Waals surface area contributed by atoms with Crippen molar-refractivity contribution in [2.75, 3.05) is 16.3 Å². The number of hydrogen-bond donors (Lipinski definition) is 1. The first kappa shape index (κ1) is 21.0. The summed E-state index contributed by atoms with van der Waals surface area (Å²) in [7, 11) is -3.89. The predicted octanol–water partition coefficient (Wildman–Crippen LogP) is 3.21. The molecule has 0 aliphatic carbocycles. The van der Waals surface area contributed by atoms with Gasteiger partial charge in [-0.3, -0.25) is 9.59 Å². The van der Waals surface area contributed by atoms with Crippen LogP contribution in [0.2, 0.25) is 0 Å². The minimum Gasteiger partial charge on any atom is -0.337 e. The van der Waals surface area contributed by atoms with Crippen LogP contribution in [0, 0.1) is 0 Å². The van der Waals surface area contributed by atoms with Gasteiger partial charge in [0.2, 0.25) is 10.0 Å². The molecule has 2 heterocycles. The summed E-state index contributed by atoms with van der Waals surface area (Å²) in [5, 5.41) is 7.00. The molecule has 2 aromatic carbocycles. The van der Waals surface area contributed by atoms with Gasteiger partial charge in [-0.15, -0.1) is 11.3 Å². The Morgan fingerprint density at radius 2 is 1.61 bits per heavy atom. The van der Waals surface area contributed by atoms with Crippen LogP contribution in [-0.4, -0.2) is 26.8 Å². The first-order chi connectivity index (χ1) is 14.8. The number of likely N-dealkylation sites (N-methyl/N-ethyl adjacent to an activating group) is 1. The molecule has 158 valence electrons. The number of primary sulfonamides is 1. The van der Waals surface area contributed by atoms with Crippen molar-refractivity contribution in [3.63, 3.8) is 0 Å². The first-order valence-electron chi connectivity index (χ1n) is 9.45. The van der Waals surface area contributed by atoms with Gasteiger partial charge in [0.1, 0.15) is 5.70 Å². The largest absolute Gasteiger partial charge is 0.337 e. The fourth-order valence-electron chi connectivity index (χ4n) is 3.51. The number of carbonyl (C=O) groups excluding carboxylic acids is 2. The normalized spacial score (nSPS) is 14.5. The molecule has 0 unspecified atom stereocenters. The molecule has 0 spiro atoms. The van der Waals surface area contributed by atoms with Gasteiger partial charge in [-0.1, -0.05) is 24.3 Å². The van der Waals surface area contributed by atoms with Crippen molar-refractivity contribution in [2.24, 2.45) is 5.14 Å². The molecular formula is C22H19N3O4S2. The lowest BCUT2D eigenvalue weighted by Crippen LogP contribution is -2.35. The maximum Gasteiger partial charge on any atom is 0.282 e. The second kappa shape index (κ2) is 8.10. The number of amides is 2. The number of rotatable bonds is 6. The van der Waals surface area contributed by atoms with Crippen molar-refractivity contribution in [3.05, 3.63) is 82.7 Å². The van der Waals surface area contributed by atoms with E-state index in [2.05, 4.69) is 0 Å². The van der Waals surface area contributed by atoms with E-state index in [0.717, 1.165) is 10.6 Å². The average molecular weight is 454 g/mol. The van der Waals surface area contributed by atoms with Crippen LogP contribution in [0.4, 0.5) is 11.4 Å². The van der Waals surface area contributed by atoms with Crippen LogP contribution < -0.4 is 14.9 Å². The maximum absolute atomic E-state index is 13.5. The zero-order valence-electron chi connectivity index (χ0n) is 16.6. The van der Waals surface area contributed by atoms with Gasteiger partial charge in [0.15, 0.2) is 0 Å². The monoisotopic (exact) mass is 453 g/mol. The van der Waals surface area contributed by atoms with E-state index < -0.39 is 21.8 Å². The molecule has 1 aromatic heterocycles. The van der Waals surface area contributed by atoms with Gasteiger partial charge in [0.05, 0.1) is 16.2 Å². The second-order valence-corrected chi connectivity index (χ2v) is 9.27. The molecule has 0 fully saturated rings. The van der Waals surface area contributed by atoms with Crippen molar-refractivity contribution in [1.82, 2.24) is 0 Å². The molecule has 3 aromatic rings. The van der Waals surface area contributed by atoms with Crippen LogP contribution in [0.1, 0.15) is 11.8 Å². The summed E-state index contributed by atoms with van der Waals surface area (Å²) in [5.41, 5.74) is 1.68. The second-order valence-electron chi connectivity index (χ2n) is 6.77. The standard InChI is InChI=1S/C22H19N3O4S2/c1-2-24(15-7-4-3-5-8-15)20-19(18-9-6-14-30-18)21(26)25(22(20)27)16-10-12-17(13-11-16)31(23,28)29/h3-14H,2H2,1H3,(H2,23,28,29). The van der Waals surface area contributed by atoms with Gasteiger partial charge in [-0.25, -0.2) is 18.5 Å². The van der Waals surface area contributed by atoms with E-state index >= 15 is 0 Å². The van der Waals surface area contributed by atoms with Crippen molar-refractivity contribution >= 4 is 50.1 Å². The highest BCUT2D eigenvalue weighted by molar-refractivity contribution is 7.89. The third-order valence-electron chi connectivity index (χ3n) is 4.90. The van der Waals surface area contributed by atoms with Crippen LogP contribution in [0.5, 0.6) is 0 Å². The van der Waals surface area contributed by atoms with Crippen LogP contribution >= 0.6 is 11.3 Å². The lowest BCUT2D eigenvalue weighted by atomic mass is 10.1. The Bertz CT molecular complexity index is 1270. The molecule has 4 rings (SSSR count). The molecule has 2 amide bonds. The predicted molar refractivity (Wildman–Crippen MR) is 121 cm³/mol. The molecule has 31 heavy (non-hydrogen) atoms. The van der Waals surface area contributed by atoms with Crippen molar-refractivity contribution in [2.45, 2.75) is 11.8 Å². The van der Waals surface area contributed by atoms with Gasteiger partial charge < -0.3 is 4.90 Å². The number of hydrogen-bond acceptors (Lipinski definition) is 6. The Balaban J connectivity index is 1.84. The highest BCUT2D eigenvalue weighted by Gasteiger charge is 2.43. The Kier molecular flexibility index (Phi) is 5.48. The average Bonchev–Trinajstić information content (AvgIpc) is 3.36. The van der Waals surface area contributed by atoms with E-state index in [1.54, 1.807) is 6.07 Å². The molecule has 2 N–H and O–H groups in total. The summed E-state index contributed by atoms with van der Waals surface area (Å²) in [6, 6.07) is 18.4. The van der Waals surface area contributed by atoms with E-state index in [0.29, 0.717) is 17.0 Å². The third-order valence-corrected chi connectivity index (χ3v) is 6.72. The Labute approximate surface area is 184 Å². The van der Waals surface area contributed by atoms with Crippen LogP contribution in [0.15, 0.2) is 82.7 Å². The van der Waals surface area contributed by atoms with Gasteiger partial charge in [-0.2, -0.15) is 0 Å². The molecule has 0 saturated carbocycles. The van der Waals surface area contributed by atoms with Gasteiger partial charge >= 0.3 is 0 Å². The highest BCUT2D eigenvalue weighted by Crippen LogP contribution is 2.38. The number of sulfonamides is 1. The molecule has 9 heteroatoms. The van der Waals surface area contributed by atoms with E-state index in [1.807, 2.05) is 53.6 Å². The quantitative estimate of drug-likeness (QED) is 0.578. The zero-order valence-corrected chi connectivity index (χ0v) is 18.2. The number of nitrogens with two attached hydrogens (primary N) is 1. The fraction of sp³-hybridized carbons (Fsp3) is 0.0909. The Hall–Kier alpha value is -3.27. The number of nitrogens with zero attached hydrogens (tertiary/aromatic N) is 2. The topological polar surface area (TPSA) is 101 Å². The number of para-hydroxylation sites is 1. The summed E-state index contributed by atoms with van der Waals surface area (Å²) < 4.78 is 23.1. The number of benzene rings is 2. The van der Waals surface area contributed by atoms with E-state index in [1.165, 1.54) is 35.6 Å². The molecule has 7 nitrogen and oxygen atoms in total. The van der Waals surface area contributed by atoms with Gasteiger partial charge in [0, 0.05) is 17.1 Å². The summed E-state index contributed by atoms with van der Waals surface area (Å²) in [6.45, 7) is 2.39. The van der Waals surface area contributed by atoms with Crippen molar-refractivity contribution < 1.29 is 18.0 Å². The summed E-state index contributed by atoms with van der Waals surface area (Å²) >= 11 is 1.38. The van der Waals surface area contributed by atoms with Gasteiger partial charge in [-0.05, 0) is 54.8 Å². The first-order valence-corrected chi connectivity index (χ1v) is 11.9. The summed E-state index contributed by atoms with van der Waals surface area (Å²) in [4.78, 5) is 30.5. The fourth-order valence-corrected chi connectivity index (χ4v) is 4.79. The maximum atomic E-state index is 13.5. The number of imide groups is 1. The molecule has 0 atom stereocenters. The smallest absolute Gasteiger partial charge is 0.282 e. The third kappa shape index (κ3) is 3.78. The van der Waals surface area contributed by atoms with E-state index in [-0.39, 0.29) is 16.3 Å². The Morgan fingerprint density at radius 1 is 0.935 bits per heavy atom. The van der Waals surface area contributed by atoms with E-state index in [9.17, 15) is 18.0 Å². The van der Waals surface area contributed by atoms with Crippen molar-refractivity contribution in [1.29, 1.82) is 0 Å². The minimum absolute atomic E-state index is 0.0959. The number of anilines is 2. The van der Waals surface area contributed by atoms with E-state index in [4.69, 9.17) is 5.14 Å².